The van der Waals surface area contributed by atoms with E-state index in [9.17, 15) is 8.78 Å². The van der Waals surface area contributed by atoms with Gasteiger partial charge in [0.05, 0.1) is 10.0 Å². The molecule has 12 heavy (non-hydrogen) atoms. The van der Waals surface area contributed by atoms with E-state index in [2.05, 4.69) is 36.8 Å². The number of halogens is 5. The van der Waals surface area contributed by atoms with Crippen molar-refractivity contribution in [2.75, 3.05) is 0 Å². The highest BCUT2D eigenvalue weighted by Gasteiger charge is 2.16. The van der Waals surface area contributed by atoms with Crippen LogP contribution in [0.4, 0.5) is 8.78 Å². The number of alkyl halides is 2. The minimum Gasteiger partial charge on any atom is -0.243 e. The van der Waals surface area contributed by atoms with Gasteiger partial charge in [-0.05, 0) is 31.9 Å². The number of rotatable bonds is 1. The summed E-state index contributed by atoms with van der Waals surface area (Å²) in [5.41, 5.74) is -0.175. The predicted molar refractivity (Wildman–Crippen MR) is 49.6 cm³/mol. The summed E-state index contributed by atoms with van der Waals surface area (Å²) in [4.78, 5) is 3.57. The van der Waals surface area contributed by atoms with Crippen molar-refractivity contribution in [2.45, 2.75) is 6.43 Å². The molecule has 0 aliphatic heterocycles. The van der Waals surface area contributed by atoms with Gasteiger partial charge in [0.1, 0.15) is 5.15 Å². The molecule has 0 aromatic carbocycles. The summed E-state index contributed by atoms with van der Waals surface area (Å²) in [6.45, 7) is 0. The molecule has 0 aliphatic carbocycles. The third kappa shape index (κ3) is 1.95. The van der Waals surface area contributed by atoms with Gasteiger partial charge in [0.25, 0.3) is 6.43 Å². The third-order valence-corrected chi connectivity index (χ3v) is 3.85. The fourth-order valence-corrected chi connectivity index (χ4v) is 1.66. The molecular formula is C6H2Br2ClF2N. The van der Waals surface area contributed by atoms with Gasteiger partial charge in [-0.1, -0.05) is 11.6 Å². The average molecular weight is 321 g/mol. The SMILES string of the molecule is FC(F)c1cnc(Cl)c(Br)c1Br. The fourth-order valence-electron chi connectivity index (χ4n) is 0.609. The lowest BCUT2D eigenvalue weighted by atomic mass is 10.3. The number of hydrogen-bond donors (Lipinski definition) is 0. The van der Waals surface area contributed by atoms with Gasteiger partial charge in [-0.3, -0.25) is 0 Å². The summed E-state index contributed by atoms with van der Waals surface area (Å²) in [7, 11) is 0. The van der Waals surface area contributed by atoms with Crippen molar-refractivity contribution in [3.63, 3.8) is 0 Å². The van der Waals surface area contributed by atoms with E-state index < -0.39 is 6.43 Å². The zero-order valence-electron chi connectivity index (χ0n) is 5.49. The molecule has 6 heteroatoms. The monoisotopic (exact) mass is 319 g/mol. The second-order valence-corrected chi connectivity index (χ2v) is 3.88. The van der Waals surface area contributed by atoms with E-state index in [0.717, 1.165) is 6.20 Å². The molecule has 0 saturated heterocycles. The molecule has 1 heterocycles. The van der Waals surface area contributed by atoms with Gasteiger partial charge in [0.2, 0.25) is 0 Å². The first-order valence-electron chi connectivity index (χ1n) is 2.81. The Morgan fingerprint density at radius 1 is 1.33 bits per heavy atom. The van der Waals surface area contributed by atoms with Crippen LogP contribution in [0, 0.1) is 0 Å². The number of nitrogens with zero attached hydrogens (tertiary/aromatic N) is 1. The van der Waals surface area contributed by atoms with Crippen LogP contribution < -0.4 is 0 Å². The first-order chi connectivity index (χ1) is 5.54. The summed E-state index contributed by atoms with van der Waals surface area (Å²) in [5.74, 6) is 0. The molecule has 0 amide bonds. The first-order valence-corrected chi connectivity index (χ1v) is 4.78. The first kappa shape index (κ1) is 10.3. The topological polar surface area (TPSA) is 12.9 Å². The molecule has 0 spiro atoms. The zero-order chi connectivity index (χ0) is 9.30. The third-order valence-electron chi connectivity index (χ3n) is 1.18. The molecule has 1 aromatic rings. The molecule has 0 radical (unpaired) electrons. The second-order valence-electron chi connectivity index (χ2n) is 1.93. The van der Waals surface area contributed by atoms with Gasteiger partial charge >= 0.3 is 0 Å². The molecule has 66 valence electrons. The van der Waals surface area contributed by atoms with Crippen molar-refractivity contribution in [3.05, 3.63) is 25.9 Å². The van der Waals surface area contributed by atoms with Gasteiger partial charge in [-0.2, -0.15) is 0 Å². The van der Waals surface area contributed by atoms with Crippen LogP contribution in [-0.4, -0.2) is 4.98 Å². The summed E-state index contributed by atoms with van der Waals surface area (Å²) < 4.78 is 25.0. The summed E-state index contributed by atoms with van der Waals surface area (Å²) >= 11 is 11.6. The maximum atomic E-state index is 12.2. The fraction of sp³-hybridized carbons (Fsp3) is 0.167. The number of hydrogen-bond acceptors (Lipinski definition) is 1. The minimum absolute atomic E-state index is 0.159. The van der Waals surface area contributed by atoms with Gasteiger partial charge in [-0.25, -0.2) is 13.8 Å². The van der Waals surface area contributed by atoms with Crippen LogP contribution in [0.15, 0.2) is 15.1 Å². The molecule has 0 atom stereocenters. The Labute approximate surface area is 89.4 Å². The van der Waals surface area contributed by atoms with Crippen molar-refractivity contribution in [1.29, 1.82) is 0 Å². The van der Waals surface area contributed by atoms with Gasteiger partial charge in [0.15, 0.2) is 0 Å². The Hall–Kier alpha value is 0.260. The molecule has 1 nitrogen and oxygen atoms in total. The molecule has 0 aliphatic rings. The van der Waals surface area contributed by atoms with Crippen LogP contribution in [0.25, 0.3) is 0 Å². The van der Waals surface area contributed by atoms with Gasteiger partial charge in [-0.15, -0.1) is 0 Å². The highest BCUT2D eigenvalue weighted by atomic mass is 79.9. The van der Waals surface area contributed by atoms with Crippen molar-refractivity contribution in [3.8, 4) is 0 Å². The molecule has 1 aromatic heterocycles. The minimum atomic E-state index is -2.56. The van der Waals surface area contributed by atoms with Crippen LogP contribution in [-0.2, 0) is 0 Å². The van der Waals surface area contributed by atoms with Gasteiger partial charge < -0.3 is 0 Å². The molecular weight excluding hydrogens is 319 g/mol. The normalized spacial score (nSPS) is 10.8. The molecule has 0 fully saturated rings. The quantitative estimate of drug-likeness (QED) is 0.707. The van der Waals surface area contributed by atoms with Crippen molar-refractivity contribution >= 4 is 43.5 Å². The maximum Gasteiger partial charge on any atom is 0.266 e. The van der Waals surface area contributed by atoms with E-state index in [1.54, 1.807) is 0 Å². The lowest BCUT2D eigenvalue weighted by Gasteiger charge is -2.04. The van der Waals surface area contributed by atoms with Crippen LogP contribution >= 0.6 is 43.5 Å². The second kappa shape index (κ2) is 3.98. The van der Waals surface area contributed by atoms with Crippen molar-refractivity contribution < 1.29 is 8.78 Å². The summed E-state index contributed by atoms with van der Waals surface area (Å²) in [5, 5.41) is 0.159. The molecule has 0 unspecified atom stereocenters. The Morgan fingerprint density at radius 3 is 2.42 bits per heavy atom. The zero-order valence-corrected chi connectivity index (χ0v) is 9.42. The van der Waals surface area contributed by atoms with E-state index in [-0.39, 0.29) is 15.2 Å². The van der Waals surface area contributed by atoms with E-state index in [1.807, 2.05) is 0 Å². The summed E-state index contributed by atoms with van der Waals surface area (Å²) in [6, 6.07) is 0. The molecule has 1 rings (SSSR count). The molecule has 0 bridgehead atoms. The maximum absolute atomic E-state index is 12.2. The molecule has 0 saturated carbocycles. The Kier molecular flexibility index (Phi) is 3.43. The van der Waals surface area contributed by atoms with Gasteiger partial charge in [0, 0.05) is 10.7 Å². The van der Waals surface area contributed by atoms with Crippen molar-refractivity contribution in [1.82, 2.24) is 4.98 Å². The number of pyridine rings is 1. The van der Waals surface area contributed by atoms with E-state index >= 15 is 0 Å². The highest BCUT2D eigenvalue weighted by molar-refractivity contribution is 9.13. The van der Waals surface area contributed by atoms with E-state index in [0.29, 0.717) is 4.47 Å². The number of aromatic nitrogens is 1. The predicted octanol–water partition coefficient (Wildman–Crippen LogP) is 4.20. The lowest BCUT2D eigenvalue weighted by molar-refractivity contribution is 0.150. The van der Waals surface area contributed by atoms with Crippen molar-refractivity contribution in [2.24, 2.45) is 0 Å². The van der Waals surface area contributed by atoms with E-state index in [4.69, 9.17) is 11.6 Å². The smallest absolute Gasteiger partial charge is 0.243 e. The van der Waals surface area contributed by atoms with E-state index in [1.165, 1.54) is 0 Å². The Bertz CT molecular complexity index is 306. The standard InChI is InChI=1S/C6H2Br2ClF2N/c7-3-2(6(10)11)1-12-5(9)4(3)8/h1,6H. The Balaban J connectivity index is 3.27. The summed E-state index contributed by atoms with van der Waals surface area (Å²) in [6.07, 6.45) is -1.51. The molecule has 0 N–H and O–H groups in total. The highest BCUT2D eigenvalue weighted by Crippen LogP contribution is 2.35. The Morgan fingerprint density at radius 2 is 1.92 bits per heavy atom. The average Bonchev–Trinajstić information content (AvgIpc) is 2.00. The van der Waals surface area contributed by atoms with Crippen LogP contribution in [0.1, 0.15) is 12.0 Å². The lowest BCUT2D eigenvalue weighted by Crippen LogP contribution is -1.90. The largest absolute Gasteiger partial charge is 0.266 e. The van der Waals surface area contributed by atoms with Crippen LogP contribution in [0.5, 0.6) is 0 Å². The van der Waals surface area contributed by atoms with Crippen LogP contribution in [0.3, 0.4) is 0 Å². The van der Waals surface area contributed by atoms with Crippen LogP contribution in [0.2, 0.25) is 5.15 Å².